The van der Waals surface area contributed by atoms with Crippen LogP contribution in [0.15, 0.2) is 18.2 Å². The zero-order valence-electron chi connectivity index (χ0n) is 12.5. The normalized spacial score (nSPS) is 24.0. The molecule has 4 heteroatoms. The van der Waals surface area contributed by atoms with Crippen LogP contribution in [-0.4, -0.2) is 37.6 Å². The summed E-state index contributed by atoms with van der Waals surface area (Å²) >= 11 is 0. The first-order chi connectivity index (χ1) is 10.2. The Kier molecular flexibility index (Phi) is 2.96. The largest absolute Gasteiger partial charge is 0.497 e. The number of rotatable bonds is 3. The van der Waals surface area contributed by atoms with E-state index in [1.54, 1.807) is 7.11 Å². The van der Waals surface area contributed by atoms with E-state index in [-0.39, 0.29) is 11.4 Å². The second kappa shape index (κ2) is 4.73. The maximum absolute atomic E-state index is 12.3. The van der Waals surface area contributed by atoms with Gasteiger partial charge in [-0.2, -0.15) is 0 Å². The Bertz CT molecular complexity index is 572. The van der Waals surface area contributed by atoms with Gasteiger partial charge in [-0.15, -0.1) is 0 Å². The van der Waals surface area contributed by atoms with Crippen molar-refractivity contribution >= 4 is 5.91 Å². The molecular weight excluding hydrogens is 264 g/mol. The van der Waals surface area contributed by atoms with E-state index in [4.69, 9.17) is 4.74 Å². The van der Waals surface area contributed by atoms with Crippen LogP contribution in [0.3, 0.4) is 0 Å². The summed E-state index contributed by atoms with van der Waals surface area (Å²) in [5, 5.41) is 3.25. The standard InChI is InChI=1S/C17H22N2O2/c1-21-13-4-5-15-14(10-13)16(20)18-17(15)6-8-19(9-7-17)11-12-2-3-12/h4-5,10,12H,2-3,6-9,11H2,1H3,(H,18,20). The molecule has 1 N–H and O–H groups in total. The topological polar surface area (TPSA) is 41.6 Å². The first-order valence-electron chi connectivity index (χ1n) is 7.94. The molecule has 1 aromatic rings. The minimum Gasteiger partial charge on any atom is -0.497 e. The summed E-state index contributed by atoms with van der Waals surface area (Å²) in [5.41, 5.74) is 1.82. The van der Waals surface area contributed by atoms with Crippen molar-refractivity contribution in [1.82, 2.24) is 10.2 Å². The van der Waals surface area contributed by atoms with Crippen LogP contribution < -0.4 is 10.1 Å². The molecule has 0 aromatic heterocycles. The minimum absolute atomic E-state index is 0.0551. The summed E-state index contributed by atoms with van der Waals surface area (Å²) in [6.07, 6.45) is 4.84. The zero-order chi connectivity index (χ0) is 14.4. The first-order valence-corrected chi connectivity index (χ1v) is 7.94. The Balaban J connectivity index is 1.56. The van der Waals surface area contributed by atoms with Crippen LogP contribution in [0.1, 0.15) is 41.6 Å². The third-order valence-electron chi connectivity index (χ3n) is 5.26. The Labute approximate surface area is 125 Å². The number of nitrogens with one attached hydrogen (secondary N) is 1. The van der Waals surface area contributed by atoms with Crippen LogP contribution in [0.2, 0.25) is 0 Å². The molecule has 1 saturated heterocycles. The molecule has 1 amide bonds. The molecule has 1 spiro atoms. The van der Waals surface area contributed by atoms with Gasteiger partial charge in [-0.1, -0.05) is 6.07 Å². The maximum atomic E-state index is 12.3. The van der Waals surface area contributed by atoms with Gasteiger partial charge in [0.15, 0.2) is 0 Å². The van der Waals surface area contributed by atoms with Gasteiger partial charge in [-0.3, -0.25) is 4.79 Å². The van der Waals surface area contributed by atoms with Crippen molar-refractivity contribution in [2.75, 3.05) is 26.7 Å². The summed E-state index contributed by atoms with van der Waals surface area (Å²) in [7, 11) is 1.64. The molecule has 112 valence electrons. The van der Waals surface area contributed by atoms with Crippen LogP contribution in [0.5, 0.6) is 5.75 Å². The second-order valence-corrected chi connectivity index (χ2v) is 6.69. The van der Waals surface area contributed by atoms with Crippen LogP contribution in [0.25, 0.3) is 0 Å². The number of nitrogens with zero attached hydrogens (tertiary/aromatic N) is 1. The molecule has 4 rings (SSSR count). The van der Waals surface area contributed by atoms with Gasteiger partial charge in [0.25, 0.3) is 5.91 Å². The van der Waals surface area contributed by atoms with Gasteiger partial charge in [0, 0.05) is 25.2 Å². The smallest absolute Gasteiger partial charge is 0.252 e. The lowest BCUT2D eigenvalue weighted by Crippen LogP contribution is -2.49. The quantitative estimate of drug-likeness (QED) is 0.925. The molecule has 0 atom stereocenters. The first kappa shape index (κ1) is 13.1. The van der Waals surface area contributed by atoms with E-state index in [1.807, 2.05) is 12.1 Å². The van der Waals surface area contributed by atoms with E-state index in [1.165, 1.54) is 24.9 Å². The average molecular weight is 286 g/mol. The van der Waals surface area contributed by atoms with Gasteiger partial charge >= 0.3 is 0 Å². The molecule has 1 aromatic carbocycles. The van der Waals surface area contributed by atoms with Gasteiger partial charge in [-0.05, 0) is 49.3 Å². The molecule has 0 bridgehead atoms. The number of methoxy groups -OCH3 is 1. The summed E-state index contributed by atoms with van der Waals surface area (Å²) < 4.78 is 5.24. The lowest BCUT2D eigenvalue weighted by atomic mass is 9.81. The Morgan fingerprint density at radius 2 is 2.10 bits per heavy atom. The molecule has 0 radical (unpaired) electrons. The predicted molar refractivity (Wildman–Crippen MR) is 80.5 cm³/mol. The average Bonchev–Trinajstić information content (AvgIpc) is 3.28. The molecule has 0 unspecified atom stereocenters. The fourth-order valence-electron chi connectivity index (χ4n) is 3.78. The van der Waals surface area contributed by atoms with Crippen molar-refractivity contribution in [3.05, 3.63) is 29.3 Å². The van der Waals surface area contributed by atoms with E-state index in [0.717, 1.165) is 43.2 Å². The number of likely N-dealkylation sites (tertiary alicyclic amines) is 1. The maximum Gasteiger partial charge on any atom is 0.252 e. The molecule has 3 aliphatic rings. The number of ether oxygens (including phenoxy) is 1. The SMILES string of the molecule is COc1ccc2c(c1)C(=O)NC21CCN(CC2CC2)CC1. The van der Waals surface area contributed by atoms with E-state index in [9.17, 15) is 4.79 Å². The molecule has 2 aliphatic heterocycles. The fourth-order valence-corrected chi connectivity index (χ4v) is 3.78. The predicted octanol–water partition coefficient (Wildman–Crippen LogP) is 2.14. The van der Waals surface area contributed by atoms with E-state index in [2.05, 4.69) is 16.3 Å². The van der Waals surface area contributed by atoms with Crippen molar-refractivity contribution in [2.24, 2.45) is 5.92 Å². The van der Waals surface area contributed by atoms with Gasteiger partial charge in [0.05, 0.1) is 12.6 Å². The molecule has 1 aliphatic carbocycles. The lowest BCUT2D eigenvalue weighted by Gasteiger charge is -2.40. The Morgan fingerprint density at radius 3 is 2.76 bits per heavy atom. The third-order valence-corrected chi connectivity index (χ3v) is 5.26. The highest BCUT2D eigenvalue weighted by Crippen LogP contribution is 2.41. The lowest BCUT2D eigenvalue weighted by molar-refractivity contribution is 0.0859. The van der Waals surface area contributed by atoms with Crippen molar-refractivity contribution < 1.29 is 9.53 Å². The summed E-state index contributed by atoms with van der Waals surface area (Å²) in [5.74, 6) is 1.75. The number of amides is 1. The Morgan fingerprint density at radius 1 is 1.33 bits per heavy atom. The van der Waals surface area contributed by atoms with Crippen LogP contribution in [-0.2, 0) is 5.54 Å². The van der Waals surface area contributed by atoms with Gasteiger partial charge in [0.1, 0.15) is 5.75 Å². The van der Waals surface area contributed by atoms with Gasteiger partial charge < -0.3 is 15.0 Å². The van der Waals surface area contributed by atoms with Gasteiger partial charge in [-0.25, -0.2) is 0 Å². The van der Waals surface area contributed by atoms with Crippen LogP contribution >= 0.6 is 0 Å². The van der Waals surface area contributed by atoms with Crippen molar-refractivity contribution in [3.63, 3.8) is 0 Å². The second-order valence-electron chi connectivity index (χ2n) is 6.69. The molecule has 2 heterocycles. The third kappa shape index (κ3) is 2.22. The fraction of sp³-hybridized carbons (Fsp3) is 0.588. The summed E-state index contributed by atoms with van der Waals surface area (Å²) in [4.78, 5) is 14.9. The number of piperidine rings is 1. The number of benzene rings is 1. The highest BCUT2D eigenvalue weighted by atomic mass is 16.5. The van der Waals surface area contributed by atoms with E-state index >= 15 is 0 Å². The zero-order valence-corrected chi connectivity index (χ0v) is 12.5. The Hall–Kier alpha value is -1.55. The highest BCUT2D eigenvalue weighted by molar-refractivity contribution is 6.00. The molecule has 21 heavy (non-hydrogen) atoms. The summed E-state index contributed by atoms with van der Waals surface area (Å²) in [6.45, 7) is 3.42. The van der Waals surface area contributed by atoms with Crippen molar-refractivity contribution in [1.29, 1.82) is 0 Å². The number of carbonyl (C=O) groups excluding carboxylic acids is 1. The molecule has 4 nitrogen and oxygen atoms in total. The molecular formula is C17H22N2O2. The van der Waals surface area contributed by atoms with E-state index < -0.39 is 0 Å². The number of hydrogen-bond donors (Lipinski definition) is 1. The van der Waals surface area contributed by atoms with Crippen LogP contribution in [0.4, 0.5) is 0 Å². The minimum atomic E-state index is -0.140. The van der Waals surface area contributed by atoms with E-state index in [0.29, 0.717) is 0 Å². The highest BCUT2D eigenvalue weighted by Gasteiger charge is 2.45. The van der Waals surface area contributed by atoms with Crippen LogP contribution in [0, 0.1) is 5.92 Å². The van der Waals surface area contributed by atoms with Crippen molar-refractivity contribution in [3.8, 4) is 5.75 Å². The number of hydrogen-bond acceptors (Lipinski definition) is 3. The number of carbonyl (C=O) groups is 1. The van der Waals surface area contributed by atoms with Gasteiger partial charge in [0.2, 0.25) is 0 Å². The summed E-state index contributed by atoms with van der Waals surface area (Å²) in [6, 6.07) is 5.91. The number of fused-ring (bicyclic) bond motifs is 2. The van der Waals surface area contributed by atoms with Crippen molar-refractivity contribution in [2.45, 2.75) is 31.2 Å². The molecule has 2 fully saturated rings. The monoisotopic (exact) mass is 286 g/mol. The molecule has 1 saturated carbocycles.